The van der Waals surface area contributed by atoms with Crippen molar-refractivity contribution < 1.29 is 132 Å². The molecule has 2 aliphatic rings. The largest absolute Gasteiger partial charge is 1.00 e. The first kappa shape index (κ1) is 36.5. The van der Waals surface area contributed by atoms with E-state index in [9.17, 15) is 44.4 Å². The Morgan fingerprint density at radius 3 is 2.23 bits per heavy atom. The molecule has 0 radical (unpaired) electrons. The van der Waals surface area contributed by atoms with Crippen molar-refractivity contribution in [3.05, 3.63) is 12.7 Å². The smallest absolute Gasteiger partial charge is 0.756 e. The fourth-order valence-electron chi connectivity index (χ4n) is 3.76. The summed E-state index contributed by atoms with van der Waals surface area (Å²) in [5, 5.41) is 59.1. The van der Waals surface area contributed by atoms with Gasteiger partial charge in [-0.15, -0.1) is 0 Å². The molecule has 4 heterocycles. The topological polar surface area (TPSA) is 317 Å². The van der Waals surface area contributed by atoms with Gasteiger partial charge in [-0.25, -0.2) is 19.3 Å². The minimum absolute atomic E-state index is 0. The van der Waals surface area contributed by atoms with Crippen molar-refractivity contribution >= 4 is 32.6 Å². The number of rotatable bonds is 9. The summed E-state index contributed by atoms with van der Waals surface area (Å²) in [6.07, 6.45) is -13.7. The molecule has 4 rings (SSSR count). The number of fused-ring (bicyclic) bond motifs is 1. The van der Waals surface area contributed by atoms with Gasteiger partial charge in [-0.05, 0) is 0 Å². The molecule has 2 saturated heterocycles. The van der Waals surface area contributed by atoms with Gasteiger partial charge in [0.1, 0.15) is 54.6 Å². The van der Waals surface area contributed by atoms with E-state index in [-0.39, 0.29) is 76.1 Å². The minimum Gasteiger partial charge on any atom is -0.756 e. The molecule has 0 aromatic carbocycles. The Morgan fingerprint density at radius 1 is 0.925 bits per heavy atom. The summed E-state index contributed by atoms with van der Waals surface area (Å²) in [7, 11) is -11.6. The van der Waals surface area contributed by atoms with Crippen LogP contribution in [0.1, 0.15) is 6.23 Å². The summed E-state index contributed by atoms with van der Waals surface area (Å²) in [5.74, 6) is 0.0269. The van der Waals surface area contributed by atoms with E-state index >= 15 is 0 Å². The van der Waals surface area contributed by atoms with Gasteiger partial charge < -0.3 is 60.2 Å². The van der Waals surface area contributed by atoms with E-state index in [4.69, 9.17) is 20.3 Å². The summed E-state index contributed by atoms with van der Waals surface area (Å²) in [6.45, 7) is -1.94. The number of aliphatic hydroxyl groups excluding tert-OH is 6. The Kier molecular flexibility index (Phi) is 13.1. The van der Waals surface area contributed by atoms with Gasteiger partial charge in [0, 0.05) is 0 Å². The zero-order chi connectivity index (χ0) is 28.0. The number of aliphatic hydroxyl groups is 6. The number of imidazole rings is 1. The number of nitrogens with zero attached hydrogens (tertiary/aromatic N) is 4. The molecular formula is C16H23N5Na2O15P2. The zero-order valence-electron chi connectivity index (χ0n) is 20.9. The number of anilines is 1. The molecule has 2 fully saturated rings. The second kappa shape index (κ2) is 14.4. The maximum atomic E-state index is 12.1. The first-order chi connectivity index (χ1) is 17.7. The van der Waals surface area contributed by atoms with Crippen LogP contribution in [0.5, 0.6) is 0 Å². The first-order valence-corrected chi connectivity index (χ1v) is 13.6. The van der Waals surface area contributed by atoms with Crippen molar-refractivity contribution in [1.82, 2.24) is 19.5 Å². The minimum atomic E-state index is -5.88. The number of ether oxygens (including phenoxy) is 2. The standard InChI is InChI=1S/C16H25N5O15P2.2Na/c17-13-7-14(19-3-18-13)21(4-20-7)15-11(26)9(24)6(33-15)2-32-37(28,29)36-38(30,31)35-16-12(27)10(25)8(23)5(1-22)34-16;;/h3-6,8-12,15-16,22-27H,1-2H2,(H,28,29)(H,30,31)(H2,17,18,19);;/q;2*+1/p-2. The van der Waals surface area contributed by atoms with Gasteiger partial charge in [0.25, 0.3) is 15.6 Å². The molecule has 0 bridgehead atoms. The molecule has 0 aliphatic carbocycles. The zero-order valence-corrected chi connectivity index (χ0v) is 26.7. The molecule has 8 N–H and O–H groups in total. The van der Waals surface area contributed by atoms with Crippen molar-refractivity contribution in [1.29, 1.82) is 0 Å². The van der Waals surface area contributed by atoms with Crippen LogP contribution < -0.4 is 74.6 Å². The van der Waals surface area contributed by atoms with Crippen LogP contribution in [-0.4, -0.2) is 112 Å². The summed E-state index contributed by atoms with van der Waals surface area (Å²) >= 11 is 0. The van der Waals surface area contributed by atoms with Crippen LogP contribution in [0.3, 0.4) is 0 Å². The van der Waals surface area contributed by atoms with Crippen molar-refractivity contribution in [3.8, 4) is 0 Å². The third kappa shape index (κ3) is 7.86. The van der Waals surface area contributed by atoms with Crippen LogP contribution >= 0.6 is 15.6 Å². The van der Waals surface area contributed by atoms with Crippen LogP contribution in [0.15, 0.2) is 12.7 Å². The maximum Gasteiger partial charge on any atom is 1.00 e. The predicted octanol–water partition coefficient (Wildman–Crippen LogP) is -11.2. The number of phosphoric acid groups is 2. The molecule has 11 unspecified atom stereocenters. The fraction of sp³-hybridized carbons (Fsp3) is 0.688. The monoisotopic (exact) mass is 633 g/mol. The van der Waals surface area contributed by atoms with Crippen molar-refractivity contribution in [3.63, 3.8) is 0 Å². The van der Waals surface area contributed by atoms with Gasteiger partial charge >= 0.3 is 59.1 Å². The van der Waals surface area contributed by atoms with Crippen molar-refractivity contribution in [2.75, 3.05) is 18.9 Å². The number of aromatic nitrogens is 4. The maximum absolute atomic E-state index is 12.1. The van der Waals surface area contributed by atoms with Gasteiger partial charge in [0.05, 0.1) is 19.5 Å². The van der Waals surface area contributed by atoms with Gasteiger partial charge in [-0.3, -0.25) is 18.2 Å². The molecule has 20 nitrogen and oxygen atoms in total. The van der Waals surface area contributed by atoms with E-state index in [0.29, 0.717) is 0 Å². The normalized spacial score (nSPS) is 35.4. The van der Waals surface area contributed by atoms with E-state index in [0.717, 1.165) is 6.33 Å². The number of phosphoric ester groups is 2. The molecule has 214 valence electrons. The number of nitrogens with two attached hydrogens (primary N) is 1. The summed E-state index contributed by atoms with van der Waals surface area (Å²) in [5.41, 5.74) is 6.00. The molecular weight excluding hydrogens is 610 g/mol. The van der Waals surface area contributed by atoms with E-state index in [1.165, 1.54) is 10.9 Å². The molecule has 11 atom stereocenters. The molecule has 0 saturated carbocycles. The van der Waals surface area contributed by atoms with Crippen molar-refractivity contribution in [2.45, 2.75) is 55.2 Å². The molecule has 40 heavy (non-hydrogen) atoms. The molecule has 0 spiro atoms. The summed E-state index contributed by atoms with van der Waals surface area (Å²) in [4.78, 5) is 35.9. The second-order valence-corrected chi connectivity index (χ2v) is 11.1. The molecule has 2 aromatic heterocycles. The Balaban J connectivity index is 0.00000280. The van der Waals surface area contributed by atoms with Crippen molar-refractivity contribution in [2.24, 2.45) is 0 Å². The fourth-order valence-corrected chi connectivity index (χ4v) is 5.85. The summed E-state index contributed by atoms with van der Waals surface area (Å²) < 4.78 is 48.4. The second-order valence-electron chi connectivity index (χ2n) is 8.20. The van der Waals surface area contributed by atoms with Gasteiger partial charge in [-0.1, -0.05) is 0 Å². The molecule has 2 aromatic rings. The summed E-state index contributed by atoms with van der Waals surface area (Å²) in [6, 6.07) is 0. The molecule has 24 heteroatoms. The van der Waals surface area contributed by atoms with Gasteiger partial charge in [0.2, 0.25) is 0 Å². The predicted molar refractivity (Wildman–Crippen MR) is 113 cm³/mol. The Labute approximate surface area is 268 Å². The van der Waals surface area contributed by atoms with E-state index < -0.39 is 84.1 Å². The Morgan fingerprint density at radius 2 is 1.57 bits per heavy atom. The van der Waals surface area contributed by atoms with Gasteiger partial charge in [0.15, 0.2) is 24.0 Å². The van der Waals surface area contributed by atoms with Crippen LogP contribution in [0.2, 0.25) is 0 Å². The molecule has 0 amide bonds. The Hall–Kier alpha value is 0.290. The average molecular weight is 633 g/mol. The van der Waals surface area contributed by atoms with Crippen LogP contribution in [-0.2, 0) is 32.0 Å². The Bertz CT molecular complexity index is 1240. The SMILES string of the molecule is Nc1ncnc2c1ncn2C1OC(COP(=O)([O-])OP(=O)([O-])OC2OC(CO)C(O)C(O)C2O)C(O)C1O.[Na+].[Na+]. The van der Waals surface area contributed by atoms with E-state index in [1.54, 1.807) is 0 Å². The van der Waals surface area contributed by atoms with Crippen LogP contribution in [0.4, 0.5) is 5.82 Å². The van der Waals surface area contributed by atoms with E-state index in [1.807, 2.05) is 0 Å². The first-order valence-electron chi connectivity index (χ1n) is 10.7. The number of hydrogen-bond acceptors (Lipinski definition) is 19. The number of nitrogen functional groups attached to an aromatic ring is 1. The third-order valence-electron chi connectivity index (χ3n) is 5.68. The number of hydrogen-bond donors (Lipinski definition) is 7. The van der Waals surface area contributed by atoms with E-state index in [2.05, 4.69) is 28.3 Å². The quantitative estimate of drug-likeness (QED) is 0.0995. The molecule has 2 aliphatic heterocycles. The average Bonchev–Trinajstić information content (AvgIpc) is 3.39. The third-order valence-corrected chi connectivity index (χ3v) is 8.21. The van der Waals surface area contributed by atoms with Gasteiger partial charge in [-0.2, -0.15) is 0 Å². The van der Waals surface area contributed by atoms with Crippen LogP contribution in [0.25, 0.3) is 11.2 Å². The van der Waals surface area contributed by atoms with Crippen LogP contribution in [0, 0.1) is 0 Å².